The third-order valence-electron chi connectivity index (χ3n) is 4.63. The average molecular weight is 598 g/mol. The summed E-state index contributed by atoms with van der Waals surface area (Å²) in [5.74, 6) is 0.219. The summed E-state index contributed by atoms with van der Waals surface area (Å²) in [5, 5.41) is 0.794. The van der Waals surface area contributed by atoms with Gasteiger partial charge in [-0.25, -0.2) is 14.2 Å². The highest BCUT2D eigenvalue weighted by atomic mass is 127. The number of halogens is 4. The molecule has 0 N–H and O–H groups in total. The molecule has 0 bridgehead atoms. The number of nitrogens with zero attached hydrogens (tertiary/aromatic N) is 1. The maximum atomic E-state index is 13.1. The monoisotopic (exact) mass is 597 g/mol. The van der Waals surface area contributed by atoms with Crippen LogP contribution in [-0.2, 0) is 16.1 Å². The summed E-state index contributed by atoms with van der Waals surface area (Å²) in [4.78, 5) is 16.7. The van der Waals surface area contributed by atoms with E-state index >= 15 is 0 Å². The smallest absolute Gasteiger partial charge is 0.363 e. The van der Waals surface area contributed by atoms with Gasteiger partial charge in [-0.3, -0.25) is 0 Å². The van der Waals surface area contributed by atoms with E-state index in [1.165, 1.54) is 19.2 Å². The summed E-state index contributed by atoms with van der Waals surface area (Å²) in [6.45, 7) is 0.245. The molecule has 33 heavy (non-hydrogen) atoms. The molecular formula is C24H15Cl2FINO4. The molecule has 0 fully saturated rings. The van der Waals surface area contributed by atoms with Crippen LogP contribution in [0, 0.1) is 9.39 Å². The highest BCUT2D eigenvalue weighted by Crippen LogP contribution is 2.36. The number of methoxy groups -OCH3 is 1. The Morgan fingerprint density at radius 3 is 2.58 bits per heavy atom. The molecule has 1 aliphatic heterocycles. The van der Waals surface area contributed by atoms with Crippen LogP contribution in [0.25, 0.3) is 6.08 Å². The van der Waals surface area contributed by atoms with E-state index in [4.69, 9.17) is 37.4 Å². The predicted molar refractivity (Wildman–Crippen MR) is 134 cm³/mol. The molecule has 0 aromatic heterocycles. The van der Waals surface area contributed by atoms with Gasteiger partial charge < -0.3 is 14.2 Å². The Morgan fingerprint density at radius 1 is 1.12 bits per heavy atom. The molecule has 0 spiro atoms. The fraction of sp³-hybridized carbons (Fsp3) is 0.0833. The molecule has 5 nitrogen and oxygen atoms in total. The molecule has 0 atom stereocenters. The van der Waals surface area contributed by atoms with Crippen LogP contribution in [0.4, 0.5) is 4.39 Å². The molecule has 1 aliphatic rings. The van der Waals surface area contributed by atoms with Crippen LogP contribution in [0.5, 0.6) is 11.5 Å². The Bertz CT molecular complexity index is 1290. The van der Waals surface area contributed by atoms with Crippen molar-refractivity contribution in [3.8, 4) is 11.5 Å². The molecule has 0 aliphatic carbocycles. The molecule has 4 rings (SSSR count). The maximum Gasteiger partial charge on any atom is 0.363 e. The Morgan fingerprint density at radius 2 is 1.88 bits per heavy atom. The fourth-order valence-corrected chi connectivity index (χ4v) is 4.31. The van der Waals surface area contributed by atoms with Gasteiger partial charge in [0.05, 0.1) is 21.3 Å². The largest absolute Gasteiger partial charge is 0.493 e. The minimum Gasteiger partial charge on any atom is -0.493 e. The summed E-state index contributed by atoms with van der Waals surface area (Å²) in [5.41, 5.74) is 2.07. The molecule has 0 radical (unpaired) electrons. The van der Waals surface area contributed by atoms with Crippen LogP contribution in [-0.4, -0.2) is 19.0 Å². The highest BCUT2D eigenvalue weighted by molar-refractivity contribution is 14.1. The summed E-state index contributed by atoms with van der Waals surface area (Å²) < 4.78 is 30.5. The lowest BCUT2D eigenvalue weighted by molar-refractivity contribution is -0.129. The SMILES string of the molecule is COc1cc(/C=C2\N=C(c3ccc(Cl)cc3Cl)OC2=O)cc(I)c1OCc1ccc(F)cc1. The van der Waals surface area contributed by atoms with Crippen molar-refractivity contribution in [2.75, 3.05) is 7.11 Å². The molecule has 168 valence electrons. The third-order valence-corrected chi connectivity index (χ3v) is 5.98. The van der Waals surface area contributed by atoms with Crippen molar-refractivity contribution in [1.29, 1.82) is 0 Å². The normalized spacial score (nSPS) is 14.3. The van der Waals surface area contributed by atoms with Crippen LogP contribution < -0.4 is 9.47 Å². The quantitative estimate of drug-likeness (QED) is 0.181. The predicted octanol–water partition coefficient (Wildman–Crippen LogP) is 6.67. The number of carbonyl (C=O) groups is 1. The second-order valence-corrected chi connectivity index (χ2v) is 8.92. The standard InChI is InChI=1S/C24H15Cl2FINO4/c1-31-21-10-14(8-19(28)22(21)32-12-13-2-5-16(27)6-3-13)9-20-24(30)33-23(29-20)17-7-4-15(25)11-18(17)26/h2-11H,12H2,1H3/b20-9-. The van der Waals surface area contributed by atoms with Gasteiger partial charge in [0.1, 0.15) is 12.4 Å². The Hall–Kier alpha value is -2.62. The molecule has 0 amide bonds. The summed E-state index contributed by atoms with van der Waals surface area (Å²) in [6.07, 6.45) is 1.59. The van der Waals surface area contributed by atoms with Crippen LogP contribution in [0.3, 0.4) is 0 Å². The topological polar surface area (TPSA) is 57.1 Å². The molecule has 1 heterocycles. The van der Waals surface area contributed by atoms with E-state index in [1.807, 2.05) is 6.07 Å². The van der Waals surface area contributed by atoms with E-state index < -0.39 is 5.97 Å². The van der Waals surface area contributed by atoms with Crippen molar-refractivity contribution in [2.24, 2.45) is 4.99 Å². The number of cyclic esters (lactones) is 1. The molecule has 3 aromatic rings. The van der Waals surface area contributed by atoms with Crippen LogP contribution in [0.2, 0.25) is 10.0 Å². The van der Waals surface area contributed by atoms with Gasteiger partial charge in [-0.05, 0) is 82.3 Å². The van der Waals surface area contributed by atoms with Gasteiger partial charge in [0.25, 0.3) is 0 Å². The first-order chi connectivity index (χ1) is 15.8. The second kappa shape index (κ2) is 10.1. The zero-order valence-electron chi connectivity index (χ0n) is 17.1. The minimum absolute atomic E-state index is 0.105. The number of ether oxygens (including phenoxy) is 3. The Labute approximate surface area is 212 Å². The van der Waals surface area contributed by atoms with E-state index in [1.54, 1.807) is 42.5 Å². The Kier molecular flexibility index (Phi) is 7.21. The maximum absolute atomic E-state index is 13.1. The van der Waals surface area contributed by atoms with Crippen LogP contribution >= 0.6 is 45.8 Å². The molecule has 0 unspecified atom stereocenters. The third kappa shape index (κ3) is 5.48. The van der Waals surface area contributed by atoms with Crippen LogP contribution in [0.1, 0.15) is 16.7 Å². The Balaban J connectivity index is 1.60. The van der Waals surface area contributed by atoms with Crippen molar-refractivity contribution in [3.63, 3.8) is 0 Å². The summed E-state index contributed by atoms with van der Waals surface area (Å²) in [7, 11) is 1.52. The van der Waals surface area contributed by atoms with Crippen molar-refractivity contribution in [2.45, 2.75) is 6.61 Å². The van der Waals surface area contributed by atoms with Gasteiger partial charge >= 0.3 is 5.97 Å². The van der Waals surface area contributed by atoms with E-state index in [-0.39, 0.29) is 24.0 Å². The summed E-state index contributed by atoms with van der Waals surface area (Å²) >= 11 is 14.2. The molecule has 0 saturated heterocycles. The molecule has 9 heteroatoms. The number of benzene rings is 3. The zero-order chi connectivity index (χ0) is 23.5. The van der Waals surface area contributed by atoms with Gasteiger partial charge in [0.15, 0.2) is 17.2 Å². The number of hydrogen-bond acceptors (Lipinski definition) is 5. The van der Waals surface area contributed by atoms with Crippen molar-refractivity contribution >= 4 is 63.7 Å². The number of esters is 1. The van der Waals surface area contributed by atoms with Gasteiger partial charge in [-0.15, -0.1) is 0 Å². The first-order valence-electron chi connectivity index (χ1n) is 9.57. The van der Waals surface area contributed by atoms with Gasteiger partial charge in [-0.2, -0.15) is 0 Å². The van der Waals surface area contributed by atoms with E-state index in [2.05, 4.69) is 27.6 Å². The van der Waals surface area contributed by atoms with Gasteiger partial charge in [-0.1, -0.05) is 35.3 Å². The van der Waals surface area contributed by atoms with Crippen molar-refractivity contribution < 1.29 is 23.4 Å². The lowest BCUT2D eigenvalue weighted by Crippen LogP contribution is -2.06. The first kappa shape index (κ1) is 23.5. The van der Waals surface area contributed by atoms with Gasteiger partial charge in [0.2, 0.25) is 5.90 Å². The number of hydrogen-bond donors (Lipinski definition) is 0. The first-order valence-corrected chi connectivity index (χ1v) is 11.4. The van der Waals surface area contributed by atoms with Gasteiger partial charge in [0, 0.05) is 5.02 Å². The average Bonchev–Trinajstić information content (AvgIpc) is 3.13. The minimum atomic E-state index is -0.596. The molecule has 3 aromatic carbocycles. The van der Waals surface area contributed by atoms with Crippen molar-refractivity contribution in [3.05, 3.63) is 96.4 Å². The molecular weight excluding hydrogens is 583 g/mol. The number of rotatable bonds is 6. The lowest BCUT2D eigenvalue weighted by Gasteiger charge is -2.14. The number of carbonyl (C=O) groups excluding carboxylic acids is 1. The molecule has 0 saturated carbocycles. The van der Waals surface area contributed by atoms with Crippen LogP contribution in [0.15, 0.2) is 65.3 Å². The van der Waals surface area contributed by atoms with E-state index in [9.17, 15) is 9.18 Å². The van der Waals surface area contributed by atoms with E-state index in [0.29, 0.717) is 32.7 Å². The summed E-state index contributed by atoms with van der Waals surface area (Å²) in [6, 6.07) is 14.4. The highest BCUT2D eigenvalue weighted by Gasteiger charge is 2.26. The second-order valence-electron chi connectivity index (χ2n) is 6.91. The van der Waals surface area contributed by atoms with E-state index in [0.717, 1.165) is 9.13 Å². The van der Waals surface area contributed by atoms with Crippen molar-refractivity contribution in [1.82, 2.24) is 0 Å². The number of aliphatic imine (C=N–C) groups is 1. The lowest BCUT2D eigenvalue weighted by atomic mass is 10.1. The fourth-order valence-electron chi connectivity index (χ4n) is 3.04. The zero-order valence-corrected chi connectivity index (χ0v) is 20.7.